The summed E-state index contributed by atoms with van der Waals surface area (Å²) in [6, 6.07) is 2.61. The van der Waals surface area contributed by atoms with Gasteiger partial charge in [-0.05, 0) is 44.4 Å². The zero-order chi connectivity index (χ0) is 16.3. The van der Waals surface area contributed by atoms with Crippen molar-refractivity contribution in [1.82, 2.24) is 0 Å². The summed E-state index contributed by atoms with van der Waals surface area (Å²) in [5, 5.41) is 2.63. The lowest BCUT2D eigenvalue weighted by Crippen LogP contribution is -3.17. The van der Waals surface area contributed by atoms with Gasteiger partial charge in [0.15, 0.2) is 6.04 Å². The fourth-order valence-corrected chi connectivity index (χ4v) is 2.83. The molecule has 0 radical (unpaired) electrons. The van der Waals surface area contributed by atoms with Gasteiger partial charge in [0.2, 0.25) is 0 Å². The summed E-state index contributed by atoms with van der Waals surface area (Å²) in [6.07, 6.45) is -1.17. The van der Waals surface area contributed by atoms with E-state index in [1.165, 1.54) is 0 Å². The fourth-order valence-electron chi connectivity index (χ4n) is 2.66. The van der Waals surface area contributed by atoms with Crippen molar-refractivity contribution in [3.05, 3.63) is 28.8 Å². The van der Waals surface area contributed by atoms with Crippen LogP contribution in [0, 0.1) is 0 Å². The third kappa shape index (κ3) is 4.14. The molecule has 1 aromatic carbocycles. The molecule has 0 bridgehead atoms. The maximum atomic E-state index is 12.7. The van der Waals surface area contributed by atoms with Crippen LogP contribution in [0.2, 0.25) is 5.02 Å². The molecule has 2 rings (SSSR count). The van der Waals surface area contributed by atoms with E-state index >= 15 is 0 Å². The van der Waals surface area contributed by atoms with Crippen LogP contribution in [-0.2, 0) is 11.0 Å². The SMILES string of the molecule is C[C@@H](C(=O)Nc1cc(C(F)(F)F)ccc1Cl)[NH+]1CCCCC1. The number of anilines is 1. The Morgan fingerprint density at radius 3 is 2.50 bits per heavy atom. The number of carbonyl (C=O) groups is 1. The molecular formula is C15H19ClF3N2O+. The fraction of sp³-hybridized carbons (Fsp3) is 0.533. The lowest BCUT2D eigenvalue weighted by molar-refractivity contribution is -0.918. The van der Waals surface area contributed by atoms with Gasteiger partial charge in [-0.25, -0.2) is 0 Å². The lowest BCUT2D eigenvalue weighted by Gasteiger charge is -2.28. The summed E-state index contributed by atoms with van der Waals surface area (Å²) in [7, 11) is 0. The Balaban J connectivity index is 2.10. The average Bonchev–Trinajstić information content (AvgIpc) is 2.48. The first-order valence-corrected chi connectivity index (χ1v) is 7.69. The summed E-state index contributed by atoms with van der Waals surface area (Å²) in [5.74, 6) is -0.307. The van der Waals surface area contributed by atoms with Crippen LogP contribution < -0.4 is 10.2 Å². The van der Waals surface area contributed by atoms with Gasteiger partial charge in [-0.3, -0.25) is 4.79 Å². The standard InChI is InChI=1S/C15H18ClF3N2O/c1-10(21-7-3-2-4-8-21)14(22)20-13-9-11(15(17,18)19)5-6-12(13)16/h5-6,9-10H,2-4,7-8H2,1H3,(H,20,22)/p+1/t10-/m0/s1. The predicted molar refractivity (Wildman–Crippen MR) is 79.1 cm³/mol. The van der Waals surface area contributed by atoms with E-state index in [9.17, 15) is 18.0 Å². The van der Waals surface area contributed by atoms with Crippen LogP contribution >= 0.6 is 11.6 Å². The molecule has 1 saturated heterocycles. The molecular weight excluding hydrogens is 317 g/mol. The third-order valence-electron chi connectivity index (χ3n) is 4.05. The van der Waals surface area contributed by atoms with Crippen LogP contribution in [0.5, 0.6) is 0 Å². The highest BCUT2D eigenvalue weighted by molar-refractivity contribution is 6.33. The molecule has 122 valence electrons. The second kappa shape index (κ2) is 6.87. The number of hydrogen-bond acceptors (Lipinski definition) is 1. The molecule has 1 heterocycles. The van der Waals surface area contributed by atoms with Crippen LogP contribution in [0.4, 0.5) is 18.9 Å². The summed E-state index contributed by atoms with van der Waals surface area (Å²) in [4.78, 5) is 13.4. The van der Waals surface area contributed by atoms with E-state index in [1.54, 1.807) is 6.92 Å². The number of rotatable bonds is 3. The van der Waals surface area contributed by atoms with Crippen molar-refractivity contribution in [2.24, 2.45) is 0 Å². The van der Waals surface area contributed by atoms with Crippen LogP contribution in [0.1, 0.15) is 31.7 Å². The zero-order valence-corrected chi connectivity index (χ0v) is 13.0. The summed E-state index contributed by atoms with van der Waals surface area (Å²) in [6.45, 7) is 3.60. The van der Waals surface area contributed by atoms with Crippen molar-refractivity contribution in [2.45, 2.75) is 38.4 Å². The lowest BCUT2D eigenvalue weighted by atomic mass is 10.1. The number of quaternary nitrogens is 1. The molecule has 1 fully saturated rings. The molecule has 0 saturated carbocycles. The first-order valence-electron chi connectivity index (χ1n) is 7.31. The largest absolute Gasteiger partial charge is 0.416 e. The van der Waals surface area contributed by atoms with Gasteiger partial charge < -0.3 is 10.2 Å². The van der Waals surface area contributed by atoms with Crippen molar-refractivity contribution >= 4 is 23.2 Å². The molecule has 3 nitrogen and oxygen atoms in total. The van der Waals surface area contributed by atoms with Crippen molar-refractivity contribution in [3.8, 4) is 0 Å². The Bertz CT molecular complexity index is 542. The summed E-state index contributed by atoms with van der Waals surface area (Å²) >= 11 is 5.89. The van der Waals surface area contributed by atoms with E-state index in [1.807, 2.05) is 0 Å². The van der Waals surface area contributed by atoms with Gasteiger partial charge in [0.25, 0.3) is 5.91 Å². The highest BCUT2D eigenvalue weighted by Crippen LogP contribution is 2.33. The molecule has 22 heavy (non-hydrogen) atoms. The number of likely N-dealkylation sites (tertiary alicyclic amines) is 1. The van der Waals surface area contributed by atoms with Gasteiger partial charge >= 0.3 is 6.18 Å². The third-order valence-corrected chi connectivity index (χ3v) is 4.38. The second-order valence-electron chi connectivity index (χ2n) is 5.62. The molecule has 0 aliphatic carbocycles. The van der Waals surface area contributed by atoms with E-state index in [4.69, 9.17) is 11.6 Å². The smallest absolute Gasteiger partial charge is 0.325 e. The minimum Gasteiger partial charge on any atom is -0.325 e. The van der Waals surface area contributed by atoms with E-state index in [0.717, 1.165) is 55.5 Å². The summed E-state index contributed by atoms with van der Waals surface area (Å²) < 4.78 is 38.2. The number of halogens is 4. The molecule has 7 heteroatoms. The molecule has 1 aliphatic rings. The van der Waals surface area contributed by atoms with Gasteiger partial charge in [-0.15, -0.1) is 0 Å². The van der Waals surface area contributed by atoms with Crippen molar-refractivity contribution in [3.63, 3.8) is 0 Å². The van der Waals surface area contributed by atoms with Gasteiger partial charge in [0.1, 0.15) is 0 Å². The quantitative estimate of drug-likeness (QED) is 0.875. The molecule has 1 amide bonds. The maximum Gasteiger partial charge on any atom is 0.416 e. The van der Waals surface area contributed by atoms with Crippen LogP contribution in [-0.4, -0.2) is 25.0 Å². The summed E-state index contributed by atoms with van der Waals surface area (Å²) in [5.41, 5.74) is -0.824. The topological polar surface area (TPSA) is 33.5 Å². The number of benzene rings is 1. The number of nitrogens with one attached hydrogen (secondary N) is 2. The number of carbonyl (C=O) groups excluding carboxylic acids is 1. The predicted octanol–water partition coefficient (Wildman–Crippen LogP) is 2.75. The van der Waals surface area contributed by atoms with Crippen LogP contribution in [0.25, 0.3) is 0 Å². The van der Waals surface area contributed by atoms with Crippen molar-refractivity contribution in [2.75, 3.05) is 18.4 Å². The number of alkyl halides is 3. The second-order valence-corrected chi connectivity index (χ2v) is 6.03. The minimum atomic E-state index is -4.46. The number of amides is 1. The Morgan fingerprint density at radius 1 is 1.27 bits per heavy atom. The Labute approximate surface area is 132 Å². The number of piperidine rings is 1. The highest BCUT2D eigenvalue weighted by Gasteiger charge is 2.32. The highest BCUT2D eigenvalue weighted by atomic mass is 35.5. The average molecular weight is 336 g/mol. The number of hydrogen-bond donors (Lipinski definition) is 2. The van der Waals surface area contributed by atoms with E-state index in [-0.39, 0.29) is 22.7 Å². The van der Waals surface area contributed by atoms with Crippen LogP contribution in [0.15, 0.2) is 18.2 Å². The monoisotopic (exact) mass is 335 g/mol. The first-order chi connectivity index (χ1) is 10.3. The van der Waals surface area contributed by atoms with Gasteiger partial charge in [-0.1, -0.05) is 11.6 Å². The molecule has 1 aliphatic heterocycles. The first kappa shape index (κ1) is 17.1. The molecule has 0 aromatic heterocycles. The van der Waals surface area contributed by atoms with Crippen molar-refractivity contribution < 1.29 is 22.9 Å². The van der Waals surface area contributed by atoms with E-state index in [0.29, 0.717) is 0 Å². The van der Waals surface area contributed by atoms with Crippen LogP contribution in [0.3, 0.4) is 0 Å². The Morgan fingerprint density at radius 2 is 1.91 bits per heavy atom. The molecule has 0 spiro atoms. The van der Waals surface area contributed by atoms with Gasteiger partial charge in [-0.2, -0.15) is 13.2 Å². The van der Waals surface area contributed by atoms with E-state index < -0.39 is 11.7 Å². The van der Waals surface area contributed by atoms with Gasteiger partial charge in [0.05, 0.1) is 29.4 Å². The molecule has 1 atom stereocenters. The van der Waals surface area contributed by atoms with Gasteiger partial charge in [0, 0.05) is 0 Å². The molecule has 1 aromatic rings. The molecule has 2 N–H and O–H groups in total. The Hall–Kier alpha value is -1.27. The minimum absolute atomic E-state index is 0.00440. The maximum absolute atomic E-state index is 12.7. The Kier molecular flexibility index (Phi) is 5.34. The molecule has 0 unspecified atom stereocenters. The van der Waals surface area contributed by atoms with Crippen molar-refractivity contribution in [1.29, 1.82) is 0 Å². The zero-order valence-electron chi connectivity index (χ0n) is 12.3. The normalized spacial score (nSPS) is 18.0. The van der Waals surface area contributed by atoms with E-state index in [2.05, 4.69) is 5.32 Å².